The van der Waals surface area contributed by atoms with Crippen LogP contribution in [0, 0.1) is 17.8 Å². The number of ether oxygens (including phenoxy) is 1. The Kier molecular flexibility index (Phi) is 4.97. The van der Waals surface area contributed by atoms with Crippen LogP contribution in [-0.4, -0.2) is 24.3 Å². The minimum absolute atomic E-state index is 0.0255. The third-order valence-electron chi connectivity index (χ3n) is 5.25. The van der Waals surface area contributed by atoms with Gasteiger partial charge in [-0.05, 0) is 68.2 Å². The van der Waals surface area contributed by atoms with E-state index in [-0.39, 0.29) is 24.3 Å². The average Bonchev–Trinajstić information content (AvgIpc) is 3.16. The van der Waals surface area contributed by atoms with Crippen LogP contribution in [-0.2, 0) is 14.3 Å². The summed E-state index contributed by atoms with van der Waals surface area (Å²) >= 11 is 0. The monoisotopic (exact) mass is 329 g/mol. The summed E-state index contributed by atoms with van der Waals surface area (Å²) in [7, 11) is 0. The van der Waals surface area contributed by atoms with Crippen molar-refractivity contribution < 1.29 is 19.1 Å². The highest BCUT2D eigenvalue weighted by Gasteiger charge is 2.40. The number of hydrogen-bond donors (Lipinski definition) is 1. The fourth-order valence-electron chi connectivity index (χ4n) is 4.03. The van der Waals surface area contributed by atoms with Crippen LogP contribution in [0.5, 0.6) is 0 Å². The minimum atomic E-state index is -0.369. The Hall–Kier alpha value is -2.17. The van der Waals surface area contributed by atoms with Gasteiger partial charge in [0.25, 0.3) is 5.91 Å². The van der Waals surface area contributed by atoms with E-state index in [2.05, 4.69) is 5.32 Å². The number of ketones is 1. The van der Waals surface area contributed by atoms with Crippen LogP contribution >= 0.6 is 0 Å². The molecular weight excluding hydrogens is 306 g/mol. The molecule has 0 unspecified atom stereocenters. The van der Waals surface area contributed by atoms with Gasteiger partial charge in [0.05, 0.1) is 0 Å². The van der Waals surface area contributed by atoms with E-state index < -0.39 is 0 Å². The van der Waals surface area contributed by atoms with Crippen LogP contribution in [0.15, 0.2) is 24.3 Å². The molecule has 0 radical (unpaired) electrons. The van der Waals surface area contributed by atoms with Gasteiger partial charge < -0.3 is 10.1 Å². The molecule has 2 aliphatic rings. The number of anilines is 1. The zero-order chi connectivity index (χ0) is 17.1. The lowest BCUT2D eigenvalue weighted by atomic mass is 9.86. The van der Waals surface area contributed by atoms with Crippen molar-refractivity contribution in [2.45, 2.75) is 39.0 Å². The molecule has 128 valence electrons. The Labute approximate surface area is 141 Å². The molecule has 3 rings (SSSR count). The number of carbonyl (C=O) groups is 3. The van der Waals surface area contributed by atoms with Crippen LogP contribution in [0.3, 0.4) is 0 Å². The fourth-order valence-corrected chi connectivity index (χ4v) is 4.03. The van der Waals surface area contributed by atoms with E-state index >= 15 is 0 Å². The number of nitrogens with one attached hydrogen (secondary N) is 1. The predicted molar refractivity (Wildman–Crippen MR) is 89.6 cm³/mol. The standard InChI is InChI=1S/C19H23NO4/c1-12(21)14-4-6-17(7-5-14)20-18(22)11-24-19(23)10-16-9-13-2-3-15(16)8-13/h4-7,13,15-16H,2-3,8-11H2,1H3,(H,20,22)/t13-,15-,16+/m0/s1. The van der Waals surface area contributed by atoms with E-state index in [0.717, 1.165) is 12.3 Å². The number of Topliss-reactive ketones (excluding diaryl/α,β-unsaturated/α-hetero) is 1. The van der Waals surface area contributed by atoms with Gasteiger partial charge >= 0.3 is 5.97 Å². The van der Waals surface area contributed by atoms with Crippen LogP contribution in [0.25, 0.3) is 0 Å². The van der Waals surface area contributed by atoms with Crippen LogP contribution in [0.1, 0.15) is 49.4 Å². The van der Waals surface area contributed by atoms with E-state index in [1.165, 1.54) is 26.2 Å². The smallest absolute Gasteiger partial charge is 0.306 e. The SMILES string of the molecule is CC(=O)c1ccc(NC(=O)COC(=O)C[C@H]2C[C@H]3CC[C@H]2C3)cc1. The lowest BCUT2D eigenvalue weighted by molar-refractivity contribution is -0.148. The highest BCUT2D eigenvalue weighted by Crippen LogP contribution is 2.49. The zero-order valence-corrected chi connectivity index (χ0v) is 13.9. The predicted octanol–water partition coefficient (Wildman–Crippen LogP) is 3.20. The van der Waals surface area contributed by atoms with Crippen LogP contribution < -0.4 is 5.32 Å². The molecule has 1 aromatic rings. The first-order valence-electron chi connectivity index (χ1n) is 8.57. The Morgan fingerprint density at radius 3 is 2.46 bits per heavy atom. The summed E-state index contributed by atoms with van der Waals surface area (Å²) in [5.41, 5.74) is 1.17. The van der Waals surface area contributed by atoms with Gasteiger partial charge in [-0.1, -0.05) is 6.42 Å². The maximum absolute atomic E-state index is 11.9. The van der Waals surface area contributed by atoms with Gasteiger partial charge in [0.1, 0.15) is 0 Å². The first kappa shape index (κ1) is 16.7. The molecule has 1 aromatic carbocycles. The van der Waals surface area contributed by atoms with Crippen molar-refractivity contribution >= 4 is 23.3 Å². The maximum atomic E-state index is 11.9. The summed E-state index contributed by atoms with van der Waals surface area (Å²) in [4.78, 5) is 35.0. The molecule has 24 heavy (non-hydrogen) atoms. The number of rotatable bonds is 6. The number of hydrogen-bond acceptors (Lipinski definition) is 4. The lowest BCUT2D eigenvalue weighted by Gasteiger charge is -2.20. The van der Waals surface area contributed by atoms with Crippen LogP contribution in [0.4, 0.5) is 5.69 Å². The topological polar surface area (TPSA) is 72.5 Å². The van der Waals surface area contributed by atoms with E-state index in [9.17, 15) is 14.4 Å². The molecular formula is C19H23NO4. The molecule has 0 aliphatic heterocycles. The molecule has 2 saturated carbocycles. The Morgan fingerprint density at radius 2 is 1.88 bits per heavy atom. The molecule has 0 heterocycles. The van der Waals surface area contributed by atoms with Crippen molar-refractivity contribution in [2.75, 3.05) is 11.9 Å². The van der Waals surface area contributed by atoms with Crippen LogP contribution in [0.2, 0.25) is 0 Å². The van der Waals surface area contributed by atoms with Gasteiger partial charge in [-0.3, -0.25) is 14.4 Å². The highest BCUT2D eigenvalue weighted by molar-refractivity contribution is 5.96. The molecule has 0 saturated heterocycles. The maximum Gasteiger partial charge on any atom is 0.306 e. The van der Waals surface area contributed by atoms with Crippen molar-refractivity contribution in [3.8, 4) is 0 Å². The number of amides is 1. The van der Waals surface area contributed by atoms with Crippen molar-refractivity contribution in [1.29, 1.82) is 0 Å². The zero-order valence-electron chi connectivity index (χ0n) is 13.9. The summed E-state index contributed by atoms with van der Waals surface area (Å²) in [6.45, 7) is 1.22. The molecule has 0 spiro atoms. The molecule has 2 aliphatic carbocycles. The van der Waals surface area contributed by atoms with E-state index in [1.54, 1.807) is 24.3 Å². The number of fused-ring (bicyclic) bond motifs is 2. The van der Waals surface area contributed by atoms with Gasteiger partial charge in [-0.15, -0.1) is 0 Å². The first-order chi connectivity index (χ1) is 11.5. The Balaban J connectivity index is 1.40. The number of benzene rings is 1. The molecule has 5 heteroatoms. The molecule has 1 amide bonds. The second-order valence-corrected chi connectivity index (χ2v) is 6.98. The molecule has 0 aromatic heterocycles. The third kappa shape index (κ3) is 4.02. The second kappa shape index (κ2) is 7.16. The van der Waals surface area contributed by atoms with Gasteiger partial charge in [0.15, 0.2) is 12.4 Å². The summed E-state index contributed by atoms with van der Waals surface area (Å²) in [5, 5.41) is 2.66. The summed E-state index contributed by atoms with van der Waals surface area (Å²) in [6, 6.07) is 6.62. The highest BCUT2D eigenvalue weighted by atomic mass is 16.5. The quantitative estimate of drug-likeness (QED) is 0.642. The largest absolute Gasteiger partial charge is 0.456 e. The van der Waals surface area contributed by atoms with Gasteiger partial charge in [-0.2, -0.15) is 0 Å². The average molecular weight is 329 g/mol. The van der Waals surface area contributed by atoms with Gasteiger partial charge in [0.2, 0.25) is 0 Å². The lowest BCUT2D eigenvalue weighted by Crippen LogP contribution is -2.23. The van der Waals surface area contributed by atoms with Crippen molar-refractivity contribution in [3.05, 3.63) is 29.8 Å². The van der Waals surface area contributed by atoms with E-state index in [4.69, 9.17) is 4.74 Å². The molecule has 3 atom stereocenters. The van der Waals surface area contributed by atoms with Gasteiger partial charge in [0, 0.05) is 17.7 Å². The fraction of sp³-hybridized carbons (Fsp3) is 0.526. The Morgan fingerprint density at radius 1 is 1.12 bits per heavy atom. The van der Waals surface area contributed by atoms with Crippen molar-refractivity contribution in [1.82, 2.24) is 0 Å². The molecule has 5 nitrogen and oxygen atoms in total. The molecule has 2 bridgehead atoms. The number of carbonyl (C=O) groups excluding carboxylic acids is 3. The minimum Gasteiger partial charge on any atom is -0.456 e. The molecule has 2 fully saturated rings. The summed E-state index contributed by atoms with van der Waals surface area (Å²) in [5.74, 6) is 1.24. The third-order valence-corrected chi connectivity index (χ3v) is 5.25. The summed E-state index contributed by atoms with van der Waals surface area (Å²) < 4.78 is 5.10. The van der Waals surface area contributed by atoms with Crippen molar-refractivity contribution in [2.24, 2.45) is 17.8 Å². The normalized spacial score (nSPS) is 24.6. The van der Waals surface area contributed by atoms with E-state index in [1.807, 2.05) is 0 Å². The van der Waals surface area contributed by atoms with E-state index in [0.29, 0.717) is 29.5 Å². The summed E-state index contributed by atoms with van der Waals surface area (Å²) in [6.07, 6.45) is 5.37. The van der Waals surface area contributed by atoms with Gasteiger partial charge in [-0.25, -0.2) is 0 Å². The first-order valence-corrected chi connectivity index (χ1v) is 8.57. The second-order valence-electron chi connectivity index (χ2n) is 6.98. The Bertz CT molecular complexity index is 637. The molecule has 1 N–H and O–H groups in total. The van der Waals surface area contributed by atoms with Crippen molar-refractivity contribution in [3.63, 3.8) is 0 Å². The number of esters is 1.